The van der Waals surface area contributed by atoms with Crippen molar-refractivity contribution in [3.8, 4) is 5.75 Å². The van der Waals surface area contributed by atoms with E-state index in [4.69, 9.17) is 16.3 Å². The molecule has 0 saturated carbocycles. The van der Waals surface area contributed by atoms with Gasteiger partial charge in [0.2, 0.25) is 5.91 Å². The fourth-order valence-corrected chi connectivity index (χ4v) is 2.82. The van der Waals surface area contributed by atoms with Gasteiger partial charge in [-0.2, -0.15) is 0 Å². The Morgan fingerprint density at radius 1 is 1.57 bits per heavy atom. The zero-order chi connectivity index (χ0) is 15.2. The summed E-state index contributed by atoms with van der Waals surface area (Å²) >= 11 is 5.87. The highest BCUT2D eigenvalue weighted by molar-refractivity contribution is 6.32. The van der Waals surface area contributed by atoms with Gasteiger partial charge in [0.1, 0.15) is 11.6 Å². The molecule has 1 unspecified atom stereocenters. The number of rotatable bonds is 6. The molecule has 1 N–H and O–H groups in total. The van der Waals surface area contributed by atoms with Crippen molar-refractivity contribution in [2.45, 2.75) is 25.3 Å². The number of hydrogen-bond acceptors (Lipinski definition) is 3. The van der Waals surface area contributed by atoms with E-state index in [1.165, 1.54) is 18.2 Å². The zero-order valence-electron chi connectivity index (χ0n) is 12.1. The van der Waals surface area contributed by atoms with Crippen molar-refractivity contribution in [1.29, 1.82) is 0 Å². The van der Waals surface area contributed by atoms with E-state index < -0.39 is 5.82 Å². The summed E-state index contributed by atoms with van der Waals surface area (Å²) in [5.74, 6) is 0.0837. The van der Waals surface area contributed by atoms with E-state index in [0.717, 1.165) is 25.9 Å². The lowest BCUT2D eigenvalue weighted by molar-refractivity contribution is -0.132. The van der Waals surface area contributed by atoms with Gasteiger partial charge < -0.3 is 15.0 Å². The molecule has 6 heteroatoms. The van der Waals surface area contributed by atoms with Gasteiger partial charge in [-0.25, -0.2) is 4.39 Å². The highest BCUT2D eigenvalue weighted by Crippen LogP contribution is 2.25. The number of hydrogen-bond donors (Lipinski definition) is 1. The third-order valence-corrected chi connectivity index (χ3v) is 3.90. The van der Waals surface area contributed by atoms with Crippen molar-refractivity contribution in [3.63, 3.8) is 0 Å². The SMILES string of the molecule is CNCC1CCCN1C(=O)CCOc1ccc(F)cc1Cl. The van der Waals surface area contributed by atoms with Crippen LogP contribution in [0.25, 0.3) is 0 Å². The van der Waals surface area contributed by atoms with E-state index in [1.54, 1.807) is 0 Å². The predicted octanol–water partition coefficient (Wildman–Crippen LogP) is 2.46. The van der Waals surface area contributed by atoms with Crippen LogP contribution in [0.2, 0.25) is 5.02 Å². The van der Waals surface area contributed by atoms with Gasteiger partial charge in [-0.05, 0) is 38.1 Å². The maximum Gasteiger partial charge on any atom is 0.226 e. The second-order valence-corrected chi connectivity index (χ2v) is 5.52. The fourth-order valence-electron chi connectivity index (χ4n) is 2.60. The average molecular weight is 315 g/mol. The van der Waals surface area contributed by atoms with E-state index in [9.17, 15) is 9.18 Å². The molecule has 0 bridgehead atoms. The van der Waals surface area contributed by atoms with E-state index in [-0.39, 0.29) is 23.6 Å². The van der Waals surface area contributed by atoms with Gasteiger partial charge in [-0.3, -0.25) is 4.79 Å². The van der Waals surface area contributed by atoms with Crippen LogP contribution in [0.15, 0.2) is 18.2 Å². The molecule has 1 amide bonds. The van der Waals surface area contributed by atoms with Gasteiger partial charge in [0.05, 0.1) is 18.1 Å². The minimum atomic E-state index is -0.407. The van der Waals surface area contributed by atoms with Crippen molar-refractivity contribution in [3.05, 3.63) is 29.0 Å². The van der Waals surface area contributed by atoms with Crippen LogP contribution in [0.3, 0.4) is 0 Å². The monoisotopic (exact) mass is 314 g/mol. The first-order valence-corrected chi connectivity index (χ1v) is 7.51. The van der Waals surface area contributed by atoms with Gasteiger partial charge in [0.25, 0.3) is 0 Å². The second-order valence-electron chi connectivity index (χ2n) is 5.11. The van der Waals surface area contributed by atoms with Gasteiger partial charge in [0, 0.05) is 19.1 Å². The van der Waals surface area contributed by atoms with Crippen LogP contribution < -0.4 is 10.1 Å². The minimum absolute atomic E-state index is 0.0889. The van der Waals surface area contributed by atoms with E-state index >= 15 is 0 Å². The fraction of sp³-hybridized carbons (Fsp3) is 0.533. The summed E-state index contributed by atoms with van der Waals surface area (Å²) in [6, 6.07) is 4.23. The number of nitrogens with one attached hydrogen (secondary N) is 1. The Bertz CT molecular complexity index is 499. The number of nitrogens with zero attached hydrogens (tertiary/aromatic N) is 1. The van der Waals surface area contributed by atoms with Crippen LogP contribution in [0, 0.1) is 5.82 Å². The van der Waals surface area contributed by atoms with Crippen LogP contribution >= 0.6 is 11.6 Å². The molecule has 2 rings (SSSR count). The summed E-state index contributed by atoms with van der Waals surface area (Å²) in [7, 11) is 1.89. The minimum Gasteiger partial charge on any atom is -0.491 e. The molecular formula is C15H20ClFN2O2. The number of benzene rings is 1. The number of carbonyl (C=O) groups is 1. The second kappa shape index (κ2) is 7.61. The summed E-state index contributed by atoms with van der Waals surface area (Å²) < 4.78 is 18.4. The number of likely N-dealkylation sites (N-methyl/N-ethyl adjacent to an activating group) is 1. The van der Waals surface area contributed by atoms with Crippen molar-refractivity contribution < 1.29 is 13.9 Å². The first kappa shape index (κ1) is 16.0. The highest BCUT2D eigenvalue weighted by Gasteiger charge is 2.27. The third-order valence-electron chi connectivity index (χ3n) is 3.60. The Balaban J connectivity index is 1.81. The van der Waals surface area contributed by atoms with Crippen molar-refractivity contribution >= 4 is 17.5 Å². The summed E-state index contributed by atoms with van der Waals surface area (Å²) in [4.78, 5) is 14.1. The normalized spacial score (nSPS) is 18.0. The Hall–Kier alpha value is -1.33. The largest absolute Gasteiger partial charge is 0.491 e. The lowest BCUT2D eigenvalue weighted by atomic mass is 10.2. The van der Waals surface area contributed by atoms with Gasteiger partial charge >= 0.3 is 0 Å². The predicted molar refractivity (Wildman–Crippen MR) is 80.2 cm³/mol. The quantitative estimate of drug-likeness (QED) is 0.877. The summed E-state index contributed by atoms with van der Waals surface area (Å²) in [6.45, 7) is 1.87. The molecule has 116 valence electrons. The molecule has 1 atom stereocenters. The number of halogens is 2. The Labute approximate surface area is 129 Å². The molecule has 0 radical (unpaired) electrons. The van der Waals surface area contributed by atoms with Crippen LogP contribution in [0.1, 0.15) is 19.3 Å². The highest BCUT2D eigenvalue weighted by atomic mass is 35.5. The maximum atomic E-state index is 12.9. The lowest BCUT2D eigenvalue weighted by Gasteiger charge is -2.24. The standard InChI is InChI=1S/C15H20ClFN2O2/c1-18-10-12-3-2-7-19(12)15(20)6-8-21-14-5-4-11(17)9-13(14)16/h4-5,9,12,18H,2-3,6-8,10H2,1H3. The third kappa shape index (κ3) is 4.32. The smallest absolute Gasteiger partial charge is 0.226 e. The topological polar surface area (TPSA) is 41.6 Å². The Morgan fingerprint density at radius 2 is 2.38 bits per heavy atom. The molecule has 1 aliphatic heterocycles. The molecule has 0 spiro atoms. The van der Waals surface area contributed by atoms with Gasteiger partial charge in [-0.1, -0.05) is 11.6 Å². The van der Waals surface area contributed by atoms with Gasteiger partial charge in [-0.15, -0.1) is 0 Å². The molecule has 1 aromatic rings. The van der Waals surface area contributed by atoms with Crippen molar-refractivity contribution in [1.82, 2.24) is 10.2 Å². The van der Waals surface area contributed by atoms with E-state index in [0.29, 0.717) is 12.2 Å². The zero-order valence-corrected chi connectivity index (χ0v) is 12.8. The number of likely N-dealkylation sites (tertiary alicyclic amines) is 1. The Morgan fingerprint density at radius 3 is 3.10 bits per heavy atom. The van der Waals surface area contributed by atoms with E-state index in [1.807, 2.05) is 11.9 Å². The lowest BCUT2D eigenvalue weighted by Crippen LogP contribution is -2.41. The number of carbonyl (C=O) groups excluding carboxylic acids is 1. The summed E-state index contributed by atoms with van der Waals surface area (Å²) in [6.07, 6.45) is 2.38. The van der Waals surface area contributed by atoms with Gasteiger partial charge in [0.15, 0.2) is 0 Å². The van der Waals surface area contributed by atoms with Crippen LogP contribution in [0.4, 0.5) is 4.39 Å². The summed E-state index contributed by atoms with van der Waals surface area (Å²) in [5, 5.41) is 3.33. The average Bonchev–Trinajstić information content (AvgIpc) is 2.90. The summed E-state index contributed by atoms with van der Waals surface area (Å²) in [5.41, 5.74) is 0. The molecule has 1 aromatic carbocycles. The van der Waals surface area contributed by atoms with E-state index in [2.05, 4.69) is 5.32 Å². The molecule has 1 fully saturated rings. The molecule has 0 aliphatic carbocycles. The molecule has 1 saturated heterocycles. The number of amides is 1. The maximum absolute atomic E-state index is 12.9. The van der Waals surface area contributed by atoms with Crippen LogP contribution in [-0.4, -0.2) is 43.6 Å². The molecule has 4 nitrogen and oxygen atoms in total. The Kier molecular flexibility index (Phi) is 5.82. The first-order valence-electron chi connectivity index (χ1n) is 7.13. The molecule has 21 heavy (non-hydrogen) atoms. The molecule has 1 heterocycles. The molecule has 0 aromatic heterocycles. The first-order chi connectivity index (χ1) is 10.1. The number of ether oxygens (including phenoxy) is 1. The van der Waals surface area contributed by atoms with Crippen molar-refractivity contribution in [2.75, 3.05) is 26.7 Å². The van der Waals surface area contributed by atoms with Crippen molar-refractivity contribution in [2.24, 2.45) is 0 Å². The molecular weight excluding hydrogens is 295 g/mol. The van der Waals surface area contributed by atoms with Crippen LogP contribution in [0.5, 0.6) is 5.75 Å². The van der Waals surface area contributed by atoms with Crippen LogP contribution in [-0.2, 0) is 4.79 Å². The molecule has 1 aliphatic rings.